The number of likely N-dealkylation sites (N-methyl/N-ethyl adjacent to an activating group) is 1. The van der Waals surface area contributed by atoms with E-state index in [2.05, 4.69) is 5.10 Å². The molecule has 0 saturated heterocycles. The van der Waals surface area contributed by atoms with Crippen LogP contribution in [0.5, 0.6) is 0 Å². The first-order valence-electron chi connectivity index (χ1n) is 6.37. The van der Waals surface area contributed by atoms with E-state index in [0.717, 1.165) is 12.1 Å². The smallest absolute Gasteiger partial charge is 0.244 e. The lowest BCUT2D eigenvalue weighted by Gasteiger charge is -2.25. The molecular formula is C14H16F2N4O. The van der Waals surface area contributed by atoms with E-state index < -0.39 is 11.6 Å². The van der Waals surface area contributed by atoms with Crippen LogP contribution in [0.25, 0.3) is 0 Å². The number of hydrogen-bond acceptors (Lipinski definition) is 3. The Balaban J connectivity index is 2.08. The SMILES string of the molecule is CC(c1ccc(F)c(F)c1)N(C)C(=O)Cn1cc(N)cn1. The Morgan fingerprint density at radius 2 is 2.14 bits per heavy atom. The molecule has 0 aliphatic carbocycles. The summed E-state index contributed by atoms with van der Waals surface area (Å²) in [5.41, 5.74) is 6.52. The lowest BCUT2D eigenvalue weighted by Crippen LogP contribution is -2.32. The third-order valence-corrected chi connectivity index (χ3v) is 3.35. The van der Waals surface area contributed by atoms with Crippen LogP contribution in [0.2, 0.25) is 0 Å². The summed E-state index contributed by atoms with van der Waals surface area (Å²) in [5.74, 6) is -2.05. The highest BCUT2D eigenvalue weighted by Crippen LogP contribution is 2.21. The first-order chi connectivity index (χ1) is 9.88. The van der Waals surface area contributed by atoms with Gasteiger partial charge in [0.25, 0.3) is 0 Å². The molecule has 0 aliphatic rings. The zero-order valence-corrected chi connectivity index (χ0v) is 11.8. The number of nitrogens with two attached hydrogens (primary N) is 1. The van der Waals surface area contributed by atoms with Crippen molar-refractivity contribution in [2.75, 3.05) is 12.8 Å². The maximum Gasteiger partial charge on any atom is 0.244 e. The molecular weight excluding hydrogens is 278 g/mol. The van der Waals surface area contributed by atoms with E-state index >= 15 is 0 Å². The minimum Gasteiger partial charge on any atom is -0.396 e. The van der Waals surface area contributed by atoms with Crippen LogP contribution in [-0.2, 0) is 11.3 Å². The van der Waals surface area contributed by atoms with Gasteiger partial charge in [-0.25, -0.2) is 8.78 Å². The van der Waals surface area contributed by atoms with Gasteiger partial charge in [0.2, 0.25) is 5.91 Å². The standard InChI is InChI=1S/C14H16F2N4O/c1-9(10-3-4-12(15)13(16)5-10)19(2)14(21)8-20-7-11(17)6-18-20/h3-7,9H,8,17H2,1-2H3. The zero-order valence-electron chi connectivity index (χ0n) is 11.8. The van der Waals surface area contributed by atoms with Crippen LogP contribution in [0.3, 0.4) is 0 Å². The Morgan fingerprint density at radius 1 is 1.43 bits per heavy atom. The van der Waals surface area contributed by atoms with Crippen LogP contribution >= 0.6 is 0 Å². The number of benzene rings is 1. The van der Waals surface area contributed by atoms with E-state index in [0.29, 0.717) is 11.3 Å². The molecule has 7 heteroatoms. The van der Waals surface area contributed by atoms with Crippen molar-refractivity contribution in [1.82, 2.24) is 14.7 Å². The maximum atomic E-state index is 13.2. The minimum absolute atomic E-state index is 0.0295. The molecule has 2 aromatic rings. The number of halogens is 2. The van der Waals surface area contributed by atoms with Gasteiger partial charge in [-0.15, -0.1) is 0 Å². The molecule has 1 aromatic carbocycles. The topological polar surface area (TPSA) is 64.2 Å². The third kappa shape index (κ3) is 3.36. The van der Waals surface area contributed by atoms with E-state index in [1.165, 1.54) is 21.8 Å². The molecule has 1 aromatic heterocycles. The molecule has 1 atom stereocenters. The van der Waals surface area contributed by atoms with Crippen molar-refractivity contribution in [2.45, 2.75) is 19.5 Å². The number of hydrogen-bond donors (Lipinski definition) is 1. The van der Waals surface area contributed by atoms with E-state index in [1.807, 2.05) is 0 Å². The predicted molar refractivity (Wildman–Crippen MR) is 74.2 cm³/mol. The highest BCUT2D eigenvalue weighted by atomic mass is 19.2. The summed E-state index contributed by atoms with van der Waals surface area (Å²) >= 11 is 0. The van der Waals surface area contributed by atoms with Crippen molar-refractivity contribution >= 4 is 11.6 Å². The van der Waals surface area contributed by atoms with E-state index in [-0.39, 0.29) is 18.5 Å². The summed E-state index contributed by atoms with van der Waals surface area (Å²) in [5, 5.41) is 3.93. The molecule has 1 heterocycles. The van der Waals surface area contributed by atoms with Crippen LogP contribution in [0.1, 0.15) is 18.5 Å². The van der Waals surface area contributed by atoms with Gasteiger partial charge in [0.1, 0.15) is 6.54 Å². The monoisotopic (exact) mass is 294 g/mol. The fraction of sp³-hybridized carbons (Fsp3) is 0.286. The van der Waals surface area contributed by atoms with Gasteiger partial charge < -0.3 is 10.6 Å². The minimum atomic E-state index is -0.931. The number of nitrogens with zero attached hydrogens (tertiary/aromatic N) is 3. The van der Waals surface area contributed by atoms with Crippen molar-refractivity contribution in [3.05, 3.63) is 47.8 Å². The van der Waals surface area contributed by atoms with Gasteiger partial charge in [-0.2, -0.15) is 5.10 Å². The van der Waals surface area contributed by atoms with Gasteiger partial charge in [0.05, 0.1) is 17.9 Å². The number of carbonyl (C=O) groups is 1. The maximum absolute atomic E-state index is 13.2. The Hall–Kier alpha value is -2.44. The number of carbonyl (C=O) groups excluding carboxylic acids is 1. The summed E-state index contributed by atoms with van der Waals surface area (Å²) in [4.78, 5) is 13.6. The van der Waals surface area contributed by atoms with E-state index in [9.17, 15) is 13.6 Å². The summed E-state index contributed by atoms with van der Waals surface area (Å²) < 4.78 is 27.6. The van der Waals surface area contributed by atoms with E-state index in [4.69, 9.17) is 5.73 Å². The highest BCUT2D eigenvalue weighted by molar-refractivity contribution is 5.76. The second kappa shape index (κ2) is 5.90. The molecule has 0 aliphatic heterocycles. The fourth-order valence-electron chi connectivity index (χ4n) is 1.93. The molecule has 0 radical (unpaired) electrons. The fourth-order valence-corrected chi connectivity index (χ4v) is 1.93. The van der Waals surface area contributed by atoms with Crippen molar-refractivity contribution < 1.29 is 13.6 Å². The summed E-state index contributed by atoms with van der Waals surface area (Å²) in [7, 11) is 1.60. The molecule has 5 nitrogen and oxygen atoms in total. The average molecular weight is 294 g/mol. The van der Waals surface area contributed by atoms with Gasteiger partial charge in [0.15, 0.2) is 11.6 Å². The van der Waals surface area contributed by atoms with Gasteiger partial charge in [0, 0.05) is 13.2 Å². The van der Waals surface area contributed by atoms with Crippen molar-refractivity contribution in [2.24, 2.45) is 0 Å². The van der Waals surface area contributed by atoms with Crippen molar-refractivity contribution in [3.8, 4) is 0 Å². The van der Waals surface area contributed by atoms with Crippen molar-refractivity contribution in [3.63, 3.8) is 0 Å². The summed E-state index contributed by atoms with van der Waals surface area (Å²) in [6, 6.07) is 3.21. The second-order valence-electron chi connectivity index (χ2n) is 4.83. The van der Waals surface area contributed by atoms with Crippen LogP contribution in [0.4, 0.5) is 14.5 Å². The number of aromatic nitrogens is 2. The normalized spacial score (nSPS) is 12.2. The molecule has 1 amide bonds. The molecule has 2 N–H and O–H groups in total. The van der Waals surface area contributed by atoms with Gasteiger partial charge in [-0.1, -0.05) is 6.07 Å². The Morgan fingerprint density at radius 3 is 2.71 bits per heavy atom. The molecule has 21 heavy (non-hydrogen) atoms. The molecule has 0 fully saturated rings. The quantitative estimate of drug-likeness (QED) is 0.937. The zero-order chi connectivity index (χ0) is 15.6. The highest BCUT2D eigenvalue weighted by Gasteiger charge is 2.19. The lowest BCUT2D eigenvalue weighted by molar-refractivity contribution is -0.132. The molecule has 1 unspecified atom stereocenters. The van der Waals surface area contributed by atoms with E-state index in [1.54, 1.807) is 20.2 Å². The van der Waals surface area contributed by atoms with Crippen molar-refractivity contribution in [1.29, 1.82) is 0 Å². The largest absolute Gasteiger partial charge is 0.396 e. The number of amides is 1. The average Bonchev–Trinajstić information content (AvgIpc) is 2.85. The lowest BCUT2D eigenvalue weighted by atomic mass is 10.1. The first-order valence-corrected chi connectivity index (χ1v) is 6.37. The molecule has 2 rings (SSSR count). The number of nitrogen functional groups attached to an aromatic ring is 1. The third-order valence-electron chi connectivity index (χ3n) is 3.35. The number of anilines is 1. The van der Waals surface area contributed by atoms with Crippen LogP contribution < -0.4 is 5.73 Å². The second-order valence-corrected chi connectivity index (χ2v) is 4.83. The molecule has 112 valence electrons. The summed E-state index contributed by atoms with van der Waals surface area (Å²) in [6.07, 6.45) is 3.00. The van der Waals surface area contributed by atoms with Crippen LogP contribution in [0.15, 0.2) is 30.6 Å². The predicted octanol–water partition coefficient (Wildman–Crippen LogP) is 1.96. The molecule has 0 spiro atoms. The van der Waals surface area contributed by atoms with Crippen LogP contribution in [-0.4, -0.2) is 27.6 Å². The Bertz CT molecular complexity index is 656. The first kappa shape index (κ1) is 15.0. The van der Waals surface area contributed by atoms with Crippen LogP contribution in [0, 0.1) is 11.6 Å². The van der Waals surface area contributed by atoms with Gasteiger partial charge in [-0.05, 0) is 24.6 Å². The Kier molecular flexibility index (Phi) is 4.21. The Labute approximate surface area is 121 Å². The van der Waals surface area contributed by atoms with Gasteiger partial charge in [-0.3, -0.25) is 9.48 Å². The van der Waals surface area contributed by atoms with Gasteiger partial charge >= 0.3 is 0 Å². The molecule has 0 saturated carbocycles. The number of rotatable bonds is 4. The molecule has 0 bridgehead atoms. The summed E-state index contributed by atoms with van der Waals surface area (Å²) in [6.45, 7) is 1.77.